The van der Waals surface area contributed by atoms with Crippen LogP contribution in [0.4, 0.5) is 0 Å². The molecule has 1 amide bonds. The van der Waals surface area contributed by atoms with Crippen molar-refractivity contribution >= 4 is 34.4 Å². The van der Waals surface area contributed by atoms with Crippen LogP contribution in [0, 0.1) is 0 Å². The van der Waals surface area contributed by atoms with E-state index < -0.39 is 0 Å². The summed E-state index contributed by atoms with van der Waals surface area (Å²) in [6.45, 7) is 2.89. The quantitative estimate of drug-likeness (QED) is 0.381. The Morgan fingerprint density at radius 3 is 2.50 bits per heavy atom. The number of carbonyl (C=O) groups is 2. The van der Waals surface area contributed by atoms with Crippen LogP contribution in [0.5, 0.6) is 0 Å². The van der Waals surface area contributed by atoms with E-state index in [1.807, 2.05) is 0 Å². The predicted molar refractivity (Wildman–Crippen MR) is 78.8 cm³/mol. The average Bonchev–Trinajstić information content (AvgIpc) is 2.37. The maximum Gasteiger partial charge on any atom is 0.244 e. The number of rotatable bonds is 10. The maximum absolute atomic E-state index is 11.3. The molecular weight excluding hydrogens is 270 g/mol. The largest absolute Gasteiger partial charge is 0.353 e. The SMILES string of the molecule is CCCCCCCCNC(=O)/C=C\SC(=O)CCl. The van der Waals surface area contributed by atoms with Gasteiger partial charge in [-0.15, -0.1) is 11.6 Å². The topological polar surface area (TPSA) is 46.2 Å². The zero-order valence-corrected chi connectivity index (χ0v) is 12.5. The zero-order valence-electron chi connectivity index (χ0n) is 10.9. The van der Waals surface area contributed by atoms with Gasteiger partial charge in [-0.25, -0.2) is 0 Å². The summed E-state index contributed by atoms with van der Waals surface area (Å²) < 4.78 is 0. The Morgan fingerprint density at radius 1 is 1.17 bits per heavy atom. The molecule has 0 saturated carbocycles. The molecule has 104 valence electrons. The minimum absolute atomic E-state index is 0.0333. The monoisotopic (exact) mass is 291 g/mol. The van der Waals surface area contributed by atoms with Crippen molar-refractivity contribution in [3.63, 3.8) is 0 Å². The van der Waals surface area contributed by atoms with E-state index in [4.69, 9.17) is 11.6 Å². The fourth-order valence-electron chi connectivity index (χ4n) is 1.38. The van der Waals surface area contributed by atoms with Crippen LogP contribution >= 0.6 is 23.4 Å². The molecule has 0 aliphatic heterocycles. The van der Waals surface area contributed by atoms with Crippen LogP contribution in [-0.4, -0.2) is 23.4 Å². The molecule has 0 bridgehead atoms. The van der Waals surface area contributed by atoms with Gasteiger partial charge < -0.3 is 5.32 Å². The Balaban J connectivity index is 3.39. The van der Waals surface area contributed by atoms with Gasteiger partial charge in [0.15, 0.2) is 0 Å². The molecule has 0 aromatic heterocycles. The summed E-state index contributed by atoms with van der Waals surface area (Å²) in [6, 6.07) is 0. The maximum atomic E-state index is 11.3. The molecule has 0 unspecified atom stereocenters. The first-order chi connectivity index (χ1) is 8.70. The third-order valence-electron chi connectivity index (χ3n) is 2.36. The Labute approximate surface area is 119 Å². The van der Waals surface area contributed by atoms with Crippen LogP contribution in [0.3, 0.4) is 0 Å². The van der Waals surface area contributed by atoms with Crippen molar-refractivity contribution in [1.29, 1.82) is 0 Å². The second kappa shape index (κ2) is 13.0. The van der Waals surface area contributed by atoms with Gasteiger partial charge in [0.2, 0.25) is 11.0 Å². The highest BCUT2D eigenvalue weighted by molar-refractivity contribution is 8.16. The first-order valence-electron chi connectivity index (χ1n) is 6.40. The lowest BCUT2D eigenvalue weighted by Crippen LogP contribution is -2.21. The number of carbonyl (C=O) groups excluding carboxylic acids is 2. The molecule has 0 aliphatic carbocycles. The molecule has 0 atom stereocenters. The number of hydrogen-bond acceptors (Lipinski definition) is 3. The van der Waals surface area contributed by atoms with Crippen molar-refractivity contribution in [2.45, 2.75) is 45.4 Å². The van der Waals surface area contributed by atoms with Crippen LogP contribution in [-0.2, 0) is 9.59 Å². The van der Waals surface area contributed by atoms with E-state index in [0.29, 0.717) is 6.54 Å². The summed E-state index contributed by atoms with van der Waals surface area (Å²) in [4.78, 5) is 22.1. The second-order valence-electron chi connectivity index (χ2n) is 3.99. The Hall–Kier alpha value is -0.480. The third kappa shape index (κ3) is 12.0. The summed E-state index contributed by atoms with van der Waals surface area (Å²) >= 11 is 6.26. The highest BCUT2D eigenvalue weighted by Crippen LogP contribution is 2.05. The Morgan fingerprint density at radius 2 is 1.83 bits per heavy atom. The average molecular weight is 292 g/mol. The normalized spacial score (nSPS) is 10.8. The van der Waals surface area contributed by atoms with Gasteiger partial charge in [-0.05, 0) is 11.8 Å². The molecule has 0 rings (SSSR count). The van der Waals surface area contributed by atoms with Gasteiger partial charge in [0.25, 0.3) is 0 Å². The highest BCUT2D eigenvalue weighted by Gasteiger charge is 1.98. The molecule has 0 aliphatic rings. The zero-order chi connectivity index (χ0) is 13.6. The molecule has 0 aromatic rings. The van der Waals surface area contributed by atoms with Gasteiger partial charge in [-0.1, -0.05) is 50.8 Å². The van der Waals surface area contributed by atoms with Crippen molar-refractivity contribution in [1.82, 2.24) is 5.32 Å². The number of nitrogens with one attached hydrogen (secondary N) is 1. The number of hydrogen-bond donors (Lipinski definition) is 1. The van der Waals surface area contributed by atoms with Crippen LogP contribution in [0.2, 0.25) is 0 Å². The molecule has 5 heteroatoms. The molecule has 3 nitrogen and oxygen atoms in total. The lowest BCUT2D eigenvalue weighted by Gasteiger charge is -2.02. The molecule has 0 spiro atoms. The number of halogens is 1. The number of unbranched alkanes of at least 4 members (excludes halogenated alkanes) is 5. The molecular formula is C13H22ClNO2S. The van der Waals surface area contributed by atoms with Crippen LogP contribution in [0.1, 0.15) is 45.4 Å². The lowest BCUT2D eigenvalue weighted by molar-refractivity contribution is -0.116. The van der Waals surface area contributed by atoms with Crippen molar-refractivity contribution in [2.24, 2.45) is 0 Å². The molecule has 1 N–H and O–H groups in total. The van der Waals surface area contributed by atoms with Crippen LogP contribution < -0.4 is 5.32 Å². The van der Waals surface area contributed by atoms with Crippen molar-refractivity contribution in [2.75, 3.05) is 12.4 Å². The van der Waals surface area contributed by atoms with Gasteiger partial charge in [0, 0.05) is 12.6 Å². The van der Waals surface area contributed by atoms with E-state index >= 15 is 0 Å². The van der Waals surface area contributed by atoms with E-state index in [2.05, 4.69) is 12.2 Å². The van der Waals surface area contributed by atoms with Crippen molar-refractivity contribution in [3.05, 3.63) is 11.5 Å². The summed E-state index contributed by atoms with van der Waals surface area (Å²) in [6.07, 6.45) is 8.59. The number of alkyl halides is 1. The third-order valence-corrected chi connectivity index (χ3v) is 3.44. The Bertz CT molecular complexity index is 270. The van der Waals surface area contributed by atoms with E-state index in [9.17, 15) is 9.59 Å². The Kier molecular flexibility index (Phi) is 12.6. The minimum atomic E-state index is -0.156. The van der Waals surface area contributed by atoms with Crippen LogP contribution in [0.15, 0.2) is 11.5 Å². The summed E-state index contributed by atoms with van der Waals surface area (Å²) in [5.74, 6) is -0.188. The first kappa shape index (κ1) is 17.5. The summed E-state index contributed by atoms with van der Waals surface area (Å²) in [7, 11) is 0. The molecule has 0 saturated heterocycles. The summed E-state index contributed by atoms with van der Waals surface area (Å²) in [5.41, 5.74) is 0. The van der Waals surface area contributed by atoms with Crippen molar-refractivity contribution in [3.8, 4) is 0 Å². The predicted octanol–water partition coefficient (Wildman–Crippen LogP) is 3.48. The first-order valence-corrected chi connectivity index (χ1v) is 7.82. The lowest BCUT2D eigenvalue weighted by atomic mass is 10.1. The van der Waals surface area contributed by atoms with E-state index in [1.165, 1.54) is 37.2 Å². The van der Waals surface area contributed by atoms with Crippen LogP contribution in [0.25, 0.3) is 0 Å². The van der Waals surface area contributed by atoms with Gasteiger partial charge in [-0.2, -0.15) is 0 Å². The smallest absolute Gasteiger partial charge is 0.244 e. The molecule has 0 fully saturated rings. The van der Waals surface area contributed by atoms with Crippen molar-refractivity contribution < 1.29 is 9.59 Å². The number of amides is 1. The standard InChI is InChI=1S/C13H22ClNO2S/c1-2-3-4-5-6-7-9-15-12(16)8-10-18-13(17)11-14/h8,10H,2-7,9,11H2,1H3,(H,15,16)/b10-8-. The fraction of sp³-hybridized carbons (Fsp3) is 0.692. The fourth-order valence-corrected chi connectivity index (χ4v) is 1.97. The second-order valence-corrected chi connectivity index (χ2v) is 5.22. The van der Waals surface area contributed by atoms with Gasteiger partial charge in [0.1, 0.15) is 0 Å². The molecule has 18 heavy (non-hydrogen) atoms. The van der Waals surface area contributed by atoms with E-state index in [0.717, 1.165) is 24.6 Å². The number of thioether (sulfide) groups is 1. The molecule has 0 radical (unpaired) electrons. The van der Waals surface area contributed by atoms with Gasteiger partial charge >= 0.3 is 0 Å². The molecule has 0 aromatic carbocycles. The van der Waals surface area contributed by atoms with Gasteiger partial charge in [0.05, 0.1) is 5.88 Å². The summed E-state index contributed by atoms with van der Waals surface area (Å²) in [5, 5.41) is 4.10. The minimum Gasteiger partial charge on any atom is -0.353 e. The van der Waals surface area contributed by atoms with Gasteiger partial charge in [-0.3, -0.25) is 9.59 Å². The van der Waals surface area contributed by atoms with E-state index in [1.54, 1.807) is 0 Å². The van der Waals surface area contributed by atoms with E-state index in [-0.39, 0.29) is 16.9 Å². The highest BCUT2D eigenvalue weighted by atomic mass is 35.5. The molecule has 0 heterocycles.